The third-order valence-electron chi connectivity index (χ3n) is 4.71. The smallest absolute Gasteiger partial charge is 0.234 e. The lowest BCUT2D eigenvalue weighted by atomic mass is 10.0. The summed E-state index contributed by atoms with van der Waals surface area (Å²) in [6, 6.07) is 12.0. The van der Waals surface area contributed by atoms with Gasteiger partial charge in [0.2, 0.25) is 5.91 Å². The zero-order chi connectivity index (χ0) is 18.5. The van der Waals surface area contributed by atoms with Crippen molar-refractivity contribution in [2.45, 2.75) is 32.4 Å². The number of thiophene rings is 1. The second-order valence-corrected chi connectivity index (χ2v) is 8.46. The molecule has 1 amide bonds. The highest BCUT2D eigenvalue weighted by atomic mass is 35.5. The largest absolute Gasteiger partial charge is 0.497 e. The number of nitrogens with one attached hydrogen (secondary N) is 1. The maximum Gasteiger partial charge on any atom is 0.234 e. The second kappa shape index (κ2) is 8.89. The van der Waals surface area contributed by atoms with Crippen molar-refractivity contribution in [3.05, 3.63) is 51.2 Å². The van der Waals surface area contributed by atoms with Crippen molar-refractivity contribution in [2.24, 2.45) is 5.92 Å². The fourth-order valence-electron chi connectivity index (χ4n) is 3.07. The van der Waals surface area contributed by atoms with Crippen LogP contribution in [-0.4, -0.2) is 31.0 Å². The Morgan fingerprint density at radius 2 is 2.04 bits per heavy atom. The summed E-state index contributed by atoms with van der Waals surface area (Å²) in [5.74, 6) is 1.45. The predicted octanol–water partition coefficient (Wildman–Crippen LogP) is 4.50. The monoisotopic (exact) mass is 392 g/mol. The molecule has 0 aliphatic heterocycles. The zero-order valence-corrected chi connectivity index (χ0v) is 16.8. The van der Waals surface area contributed by atoms with Gasteiger partial charge in [-0.15, -0.1) is 11.3 Å². The number of hydrogen-bond donors (Lipinski definition) is 1. The SMILES string of the molecule is CCN(CC(=O)NC(c1ccc(OC)cc1)C1CC1)Cc1ccc(Cl)s1. The first kappa shape index (κ1) is 19.2. The van der Waals surface area contributed by atoms with E-state index in [0.717, 1.165) is 28.7 Å². The topological polar surface area (TPSA) is 41.6 Å². The summed E-state index contributed by atoms with van der Waals surface area (Å²) in [7, 11) is 1.66. The van der Waals surface area contributed by atoms with Gasteiger partial charge in [0.25, 0.3) is 0 Å². The molecule has 140 valence electrons. The minimum atomic E-state index is 0.0715. The Morgan fingerprint density at radius 3 is 2.58 bits per heavy atom. The van der Waals surface area contributed by atoms with E-state index in [2.05, 4.69) is 17.1 Å². The molecular weight excluding hydrogens is 368 g/mol. The third-order valence-corrected chi connectivity index (χ3v) is 5.92. The molecule has 1 saturated carbocycles. The molecular formula is C20H25ClN2O2S. The highest BCUT2D eigenvalue weighted by Gasteiger charge is 2.33. The summed E-state index contributed by atoms with van der Waals surface area (Å²) in [5, 5.41) is 3.24. The minimum absolute atomic E-state index is 0.0715. The zero-order valence-electron chi connectivity index (χ0n) is 15.2. The predicted molar refractivity (Wildman–Crippen MR) is 107 cm³/mol. The van der Waals surface area contributed by atoms with Crippen LogP contribution in [0.2, 0.25) is 4.34 Å². The molecule has 0 saturated heterocycles. The van der Waals surface area contributed by atoms with Gasteiger partial charge in [-0.2, -0.15) is 0 Å². The molecule has 0 bridgehead atoms. The number of carbonyl (C=O) groups is 1. The Labute approximate surface area is 164 Å². The lowest BCUT2D eigenvalue weighted by Gasteiger charge is -2.23. The standard InChI is InChI=1S/C20H25ClN2O2S/c1-3-23(12-17-10-11-18(21)26-17)13-19(24)22-20(14-4-5-14)15-6-8-16(25-2)9-7-15/h6-11,14,20H,3-5,12-13H2,1-2H3,(H,22,24). The van der Waals surface area contributed by atoms with Crippen LogP contribution in [0.3, 0.4) is 0 Å². The first-order valence-corrected chi connectivity index (χ1v) is 10.2. The fourth-order valence-corrected chi connectivity index (χ4v) is 4.20. The molecule has 1 N–H and O–H groups in total. The van der Waals surface area contributed by atoms with Gasteiger partial charge < -0.3 is 10.1 Å². The third kappa shape index (κ3) is 5.22. The van der Waals surface area contributed by atoms with E-state index in [9.17, 15) is 4.79 Å². The Hall–Kier alpha value is -1.56. The lowest BCUT2D eigenvalue weighted by Crippen LogP contribution is -2.39. The van der Waals surface area contributed by atoms with Crippen LogP contribution in [0, 0.1) is 5.92 Å². The average Bonchev–Trinajstić information content (AvgIpc) is 3.41. The number of hydrogen-bond acceptors (Lipinski definition) is 4. The minimum Gasteiger partial charge on any atom is -0.497 e. The summed E-state index contributed by atoms with van der Waals surface area (Å²) >= 11 is 7.57. The van der Waals surface area contributed by atoms with Crippen LogP contribution in [-0.2, 0) is 11.3 Å². The van der Waals surface area contributed by atoms with Gasteiger partial charge in [-0.25, -0.2) is 0 Å². The Morgan fingerprint density at radius 1 is 1.31 bits per heavy atom. The molecule has 2 aromatic rings. The van der Waals surface area contributed by atoms with Crippen LogP contribution in [0.1, 0.15) is 36.2 Å². The average molecular weight is 393 g/mol. The molecule has 1 fully saturated rings. The van der Waals surface area contributed by atoms with Gasteiger partial charge in [-0.1, -0.05) is 30.7 Å². The molecule has 0 spiro atoms. The first-order chi connectivity index (χ1) is 12.6. The second-order valence-electron chi connectivity index (χ2n) is 6.66. The van der Waals surface area contributed by atoms with E-state index in [1.807, 2.05) is 36.4 Å². The van der Waals surface area contributed by atoms with Crippen LogP contribution in [0.25, 0.3) is 0 Å². The maximum atomic E-state index is 12.6. The fraction of sp³-hybridized carbons (Fsp3) is 0.450. The number of likely N-dealkylation sites (N-methyl/N-ethyl adjacent to an activating group) is 1. The van der Waals surface area contributed by atoms with Gasteiger partial charge in [0, 0.05) is 11.4 Å². The van der Waals surface area contributed by atoms with Gasteiger partial charge in [0.05, 0.1) is 24.0 Å². The van der Waals surface area contributed by atoms with Crippen LogP contribution in [0.5, 0.6) is 5.75 Å². The molecule has 1 aliphatic carbocycles. The van der Waals surface area contributed by atoms with E-state index in [4.69, 9.17) is 16.3 Å². The van der Waals surface area contributed by atoms with Crippen molar-refractivity contribution >= 4 is 28.8 Å². The number of halogens is 1. The van der Waals surface area contributed by atoms with Crippen LogP contribution in [0.15, 0.2) is 36.4 Å². The van der Waals surface area contributed by atoms with Crippen LogP contribution >= 0.6 is 22.9 Å². The summed E-state index contributed by atoms with van der Waals surface area (Å²) < 4.78 is 6.02. The van der Waals surface area contributed by atoms with E-state index < -0.39 is 0 Å². The quantitative estimate of drug-likeness (QED) is 0.683. The number of benzene rings is 1. The van der Waals surface area contributed by atoms with E-state index in [1.54, 1.807) is 18.4 Å². The van der Waals surface area contributed by atoms with Crippen molar-refractivity contribution in [1.29, 1.82) is 0 Å². The number of methoxy groups -OCH3 is 1. The van der Waals surface area contributed by atoms with Crippen LogP contribution < -0.4 is 10.1 Å². The normalized spacial score (nSPS) is 15.1. The molecule has 3 rings (SSSR count). The van der Waals surface area contributed by atoms with Crippen molar-refractivity contribution < 1.29 is 9.53 Å². The molecule has 1 atom stereocenters. The molecule has 1 aromatic heterocycles. The van der Waals surface area contributed by atoms with Crippen molar-refractivity contribution in [3.8, 4) is 5.75 Å². The highest BCUT2D eigenvalue weighted by Crippen LogP contribution is 2.41. The molecule has 4 nitrogen and oxygen atoms in total. The molecule has 1 aromatic carbocycles. The maximum absolute atomic E-state index is 12.6. The molecule has 1 heterocycles. The van der Waals surface area contributed by atoms with E-state index in [0.29, 0.717) is 12.5 Å². The molecule has 0 radical (unpaired) electrons. The summed E-state index contributed by atoms with van der Waals surface area (Å²) in [4.78, 5) is 16.0. The number of amides is 1. The van der Waals surface area contributed by atoms with Gasteiger partial charge in [0.15, 0.2) is 0 Å². The summed E-state index contributed by atoms with van der Waals surface area (Å²) in [6.07, 6.45) is 2.34. The van der Waals surface area contributed by atoms with Crippen molar-refractivity contribution in [1.82, 2.24) is 10.2 Å². The van der Waals surface area contributed by atoms with E-state index >= 15 is 0 Å². The number of ether oxygens (including phenoxy) is 1. The lowest BCUT2D eigenvalue weighted by molar-refractivity contribution is -0.123. The van der Waals surface area contributed by atoms with E-state index in [1.165, 1.54) is 17.7 Å². The molecule has 6 heteroatoms. The van der Waals surface area contributed by atoms with Gasteiger partial charge in [-0.05, 0) is 55.1 Å². The summed E-state index contributed by atoms with van der Waals surface area (Å²) in [6.45, 7) is 4.03. The molecule has 1 aliphatic rings. The number of nitrogens with zero attached hydrogens (tertiary/aromatic N) is 1. The Bertz CT molecular complexity index is 728. The first-order valence-electron chi connectivity index (χ1n) is 8.99. The van der Waals surface area contributed by atoms with Crippen molar-refractivity contribution in [3.63, 3.8) is 0 Å². The summed E-state index contributed by atoms with van der Waals surface area (Å²) in [5.41, 5.74) is 1.15. The highest BCUT2D eigenvalue weighted by molar-refractivity contribution is 7.16. The van der Waals surface area contributed by atoms with E-state index in [-0.39, 0.29) is 11.9 Å². The number of carbonyl (C=O) groups excluding carboxylic acids is 1. The Balaban J connectivity index is 1.60. The molecule has 26 heavy (non-hydrogen) atoms. The van der Waals surface area contributed by atoms with Crippen molar-refractivity contribution in [2.75, 3.05) is 20.2 Å². The van der Waals surface area contributed by atoms with Crippen LogP contribution in [0.4, 0.5) is 0 Å². The number of rotatable bonds is 9. The van der Waals surface area contributed by atoms with Gasteiger partial charge in [-0.3, -0.25) is 9.69 Å². The molecule has 1 unspecified atom stereocenters. The Kier molecular flexibility index (Phi) is 6.57. The van der Waals surface area contributed by atoms with Gasteiger partial charge >= 0.3 is 0 Å². The van der Waals surface area contributed by atoms with Gasteiger partial charge in [0.1, 0.15) is 5.75 Å².